The summed E-state index contributed by atoms with van der Waals surface area (Å²) in [5.41, 5.74) is 6.04. The van der Waals surface area contributed by atoms with E-state index in [4.69, 9.17) is 5.73 Å². The molecule has 2 N–H and O–H groups in total. The molecule has 0 aromatic rings. The fourth-order valence-corrected chi connectivity index (χ4v) is 2.05. The zero-order valence-corrected chi connectivity index (χ0v) is 9.84. The van der Waals surface area contributed by atoms with E-state index in [2.05, 4.69) is 25.8 Å². The van der Waals surface area contributed by atoms with Gasteiger partial charge in [0.25, 0.3) is 0 Å². The van der Waals surface area contributed by atoms with Gasteiger partial charge in [-0.1, -0.05) is 25.7 Å². The molecule has 1 fully saturated rings. The van der Waals surface area contributed by atoms with E-state index in [0.29, 0.717) is 5.92 Å². The standard InChI is InChI=1S/C12H24N2/c1-12(2,3)14-11(13)10-8-6-4-5-7-9-10/h10H,4-9H2,1-3H3,(H2,13,14). The van der Waals surface area contributed by atoms with Gasteiger partial charge in [-0.05, 0) is 33.6 Å². The number of amidine groups is 1. The Kier molecular flexibility index (Phi) is 3.97. The minimum atomic E-state index is -0.0175. The maximum Gasteiger partial charge on any atom is 0.0974 e. The predicted molar refractivity (Wildman–Crippen MR) is 62.6 cm³/mol. The first kappa shape index (κ1) is 11.5. The van der Waals surface area contributed by atoms with Crippen molar-refractivity contribution in [2.45, 2.75) is 64.8 Å². The lowest BCUT2D eigenvalue weighted by Crippen LogP contribution is -2.27. The molecule has 1 rings (SSSR count). The second-order valence-electron chi connectivity index (χ2n) is 5.40. The molecule has 2 heteroatoms. The molecule has 0 atom stereocenters. The molecule has 1 aliphatic carbocycles. The van der Waals surface area contributed by atoms with Gasteiger partial charge in [0, 0.05) is 5.92 Å². The van der Waals surface area contributed by atoms with Gasteiger partial charge in [0.05, 0.1) is 11.4 Å². The summed E-state index contributed by atoms with van der Waals surface area (Å²) in [6, 6.07) is 0. The van der Waals surface area contributed by atoms with Crippen LogP contribution in [0.25, 0.3) is 0 Å². The smallest absolute Gasteiger partial charge is 0.0974 e. The first-order valence-corrected chi connectivity index (χ1v) is 5.84. The quantitative estimate of drug-likeness (QED) is 0.390. The van der Waals surface area contributed by atoms with Gasteiger partial charge >= 0.3 is 0 Å². The second kappa shape index (κ2) is 4.81. The molecule has 1 aliphatic rings. The highest BCUT2D eigenvalue weighted by Gasteiger charge is 2.18. The van der Waals surface area contributed by atoms with Gasteiger partial charge < -0.3 is 5.73 Å². The van der Waals surface area contributed by atoms with Crippen LogP contribution in [0.15, 0.2) is 4.99 Å². The van der Waals surface area contributed by atoms with Crippen molar-refractivity contribution in [2.24, 2.45) is 16.6 Å². The highest BCUT2D eigenvalue weighted by atomic mass is 14.9. The minimum Gasteiger partial charge on any atom is -0.387 e. The number of nitrogens with two attached hydrogens (primary N) is 1. The molecule has 0 saturated heterocycles. The van der Waals surface area contributed by atoms with Crippen molar-refractivity contribution < 1.29 is 0 Å². The van der Waals surface area contributed by atoms with E-state index < -0.39 is 0 Å². The van der Waals surface area contributed by atoms with E-state index in [0.717, 1.165) is 5.84 Å². The Balaban J connectivity index is 2.57. The molecule has 0 bridgehead atoms. The fraction of sp³-hybridized carbons (Fsp3) is 0.917. The van der Waals surface area contributed by atoms with Crippen LogP contribution in [0.4, 0.5) is 0 Å². The van der Waals surface area contributed by atoms with E-state index in [1.54, 1.807) is 0 Å². The summed E-state index contributed by atoms with van der Waals surface area (Å²) in [5, 5.41) is 0. The van der Waals surface area contributed by atoms with Crippen LogP contribution in [0, 0.1) is 5.92 Å². The number of hydrogen-bond acceptors (Lipinski definition) is 1. The molecule has 0 aliphatic heterocycles. The average molecular weight is 196 g/mol. The van der Waals surface area contributed by atoms with Crippen molar-refractivity contribution in [1.29, 1.82) is 0 Å². The van der Waals surface area contributed by atoms with E-state index in [9.17, 15) is 0 Å². The van der Waals surface area contributed by atoms with Gasteiger partial charge in [0.1, 0.15) is 0 Å². The Labute approximate surface area is 88.0 Å². The van der Waals surface area contributed by atoms with Crippen LogP contribution in [0.3, 0.4) is 0 Å². The maximum atomic E-state index is 6.05. The Morgan fingerprint density at radius 2 is 1.57 bits per heavy atom. The third kappa shape index (κ3) is 4.12. The molecular formula is C12H24N2. The molecule has 14 heavy (non-hydrogen) atoms. The zero-order valence-electron chi connectivity index (χ0n) is 9.84. The van der Waals surface area contributed by atoms with Crippen LogP contribution >= 0.6 is 0 Å². The maximum absolute atomic E-state index is 6.05. The molecule has 0 radical (unpaired) electrons. The number of rotatable bonds is 1. The molecule has 0 spiro atoms. The van der Waals surface area contributed by atoms with Gasteiger partial charge in [0.2, 0.25) is 0 Å². The van der Waals surface area contributed by atoms with Crippen LogP contribution in [0.1, 0.15) is 59.3 Å². The van der Waals surface area contributed by atoms with E-state index in [1.807, 2.05) is 0 Å². The Morgan fingerprint density at radius 1 is 1.07 bits per heavy atom. The Bertz CT molecular complexity index is 193. The first-order valence-electron chi connectivity index (χ1n) is 5.84. The van der Waals surface area contributed by atoms with E-state index in [1.165, 1.54) is 38.5 Å². The molecule has 1 saturated carbocycles. The summed E-state index contributed by atoms with van der Waals surface area (Å²) < 4.78 is 0. The zero-order chi connectivity index (χ0) is 10.6. The van der Waals surface area contributed by atoms with Crippen LogP contribution in [-0.2, 0) is 0 Å². The van der Waals surface area contributed by atoms with Gasteiger partial charge in [-0.2, -0.15) is 0 Å². The molecule has 0 aromatic heterocycles. The van der Waals surface area contributed by atoms with Crippen LogP contribution < -0.4 is 5.73 Å². The summed E-state index contributed by atoms with van der Waals surface area (Å²) in [7, 11) is 0. The summed E-state index contributed by atoms with van der Waals surface area (Å²) in [4.78, 5) is 4.57. The molecule has 0 unspecified atom stereocenters. The lowest BCUT2D eigenvalue weighted by atomic mass is 9.98. The molecule has 2 nitrogen and oxygen atoms in total. The van der Waals surface area contributed by atoms with Crippen molar-refractivity contribution in [1.82, 2.24) is 0 Å². The first-order chi connectivity index (χ1) is 6.49. The number of hydrogen-bond donors (Lipinski definition) is 1. The summed E-state index contributed by atoms with van der Waals surface area (Å²) in [6.07, 6.45) is 7.88. The van der Waals surface area contributed by atoms with Gasteiger partial charge in [-0.3, -0.25) is 4.99 Å². The fourth-order valence-electron chi connectivity index (χ4n) is 2.05. The largest absolute Gasteiger partial charge is 0.387 e. The Morgan fingerprint density at radius 3 is 2.00 bits per heavy atom. The number of nitrogens with zero attached hydrogens (tertiary/aromatic N) is 1. The summed E-state index contributed by atoms with van der Waals surface area (Å²) >= 11 is 0. The van der Waals surface area contributed by atoms with Crippen molar-refractivity contribution >= 4 is 5.84 Å². The molecule has 82 valence electrons. The second-order valence-corrected chi connectivity index (χ2v) is 5.40. The lowest BCUT2D eigenvalue weighted by Gasteiger charge is -2.19. The van der Waals surface area contributed by atoms with Crippen LogP contribution in [-0.4, -0.2) is 11.4 Å². The van der Waals surface area contributed by atoms with Crippen molar-refractivity contribution in [2.75, 3.05) is 0 Å². The van der Waals surface area contributed by atoms with Gasteiger partial charge in [-0.15, -0.1) is 0 Å². The highest BCUT2D eigenvalue weighted by molar-refractivity contribution is 5.83. The third-order valence-corrected chi connectivity index (χ3v) is 2.74. The SMILES string of the molecule is CC(C)(C)N=C(N)C1CCCCCC1. The van der Waals surface area contributed by atoms with Crippen LogP contribution in [0.2, 0.25) is 0 Å². The highest BCUT2D eigenvalue weighted by Crippen LogP contribution is 2.23. The van der Waals surface area contributed by atoms with E-state index in [-0.39, 0.29) is 5.54 Å². The molecule has 0 amide bonds. The average Bonchev–Trinajstić information content (AvgIpc) is 2.27. The monoisotopic (exact) mass is 196 g/mol. The Hall–Kier alpha value is -0.530. The predicted octanol–water partition coefficient (Wildman–Crippen LogP) is 3.11. The van der Waals surface area contributed by atoms with Crippen molar-refractivity contribution in [3.63, 3.8) is 0 Å². The van der Waals surface area contributed by atoms with Gasteiger partial charge in [-0.25, -0.2) is 0 Å². The summed E-state index contributed by atoms with van der Waals surface area (Å²) in [6.45, 7) is 6.32. The van der Waals surface area contributed by atoms with Crippen molar-refractivity contribution in [3.05, 3.63) is 0 Å². The van der Waals surface area contributed by atoms with Crippen molar-refractivity contribution in [3.8, 4) is 0 Å². The molecular weight excluding hydrogens is 172 g/mol. The van der Waals surface area contributed by atoms with Crippen LogP contribution in [0.5, 0.6) is 0 Å². The number of aliphatic imine (C=N–C) groups is 1. The lowest BCUT2D eigenvalue weighted by molar-refractivity contribution is 0.545. The normalized spacial score (nSPS) is 22.1. The van der Waals surface area contributed by atoms with E-state index >= 15 is 0 Å². The minimum absolute atomic E-state index is 0.0175. The third-order valence-electron chi connectivity index (χ3n) is 2.74. The summed E-state index contributed by atoms with van der Waals surface area (Å²) in [5.74, 6) is 1.44. The molecule has 0 heterocycles. The topological polar surface area (TPSA) is 38.4 Å². The molecule has 0 aromatic carbocycles. The van der Waals surface area contributed by atoms with Gasteiger partial charge in [0.15, 0.2) is 0 Å².